The van der Waals surface area contributed by atoms with Crippen LogP contribution in [0.15, 0.2) is 42.5 Å². The van der Waals surface area contributed by atoms with E-state index in [1.165, 1.54) is 4.80 Å². The number of morpholine rings is 1. The minimum Gasteiger partial charge on any atom is -0.454 e. The summed E-state index contributed by atoms with van der Waals surface area (Å²) in [5.74, 6) is 1.68. The average Bonchev–Trinajstić information content (AvgIpc) is 3.47. The summed E-state index contributed by atoms with van der Waals surface area (Å²) in [4.78, 5) is 15.8. The number of aromatic nitrogens is 4. The number of tetrazole rings is 1. The number of anilines is 1. The SMILES string of the molecule is O=C(Cn1nnc(-c2ccc(N3CCOCC3)cc2)n1)NCc1ccc2c(c1)OCO2. The van der Waals surface area contributed by atoms with Crippen LogP contribution in [0.3, 0.4) is 0 Å². The number of carbonyl (C=O) groups excluding carboxylic acids is 1. The van der Waals surface area contributed by atoms with Gasteiger partial charge in [-0.15, -0.1) is 10.2 Å². The summed E-state index contributed by atoms with van der Waals surface area (Å²) in [6.45, 7) is 3.85. The molecule has 1 saturated heterocycles. The molecule has 1 N–H and O–H groups in total. The Labute approximate surface area is 178 Å². The van der Waals surface area contributed by atoms with Crippen molar-refractivity contribution in [3.05, 3.63) is 48.0 Å². The number of nitrogens with one attached hydrogen (secondary N) is 1. The maximum absolute atomic E-state index is 12.3. The quantitative estimate of drug-likeness (QED) is 0.633. The van der Waals surface area contributed by atoms with E-state index in [0.717, 1.165) is 43.1 Å². The fourth-order valence-corrected chi connectivity index (χ4v) is 3.50. The zero-order valence-electron chi connectivity index (χ0n) is 16.9. The minimum absolute atomic E-state index is 0.0105. The maximum atomic E-state index is 12.3. The van der Waals surface area contributed by atoms with Crippen LogP contribution in [0.2, 0.25) is 0 Å². The zero-order valence-corrected chi connectivity index (χ0v) is 16.9. The second kappa shape index (κ2) is 8.60. The molecule has 0 aliphatic carbocycles. The van der Waals surface area contributed by atoms with Crippen LogP contribution < -0.4 is 19.7 Å². The fourth-order valence-electron chi connectivity index (χ4n) is 3.50. The Kier molecular flexibility index (Phi) is 5.36. The van der Waals surface area contributed by atoms with Gasteiger partial charge in [-0.3, -0.25) is 4.79 Å². The van der Waals surface area contributed by atoms with Crippen molar-refractivity contribution in [1.29, 1.82) is 0 Å². The van der Waals surface area contributed by atoms with Crippen molar-refractivity contribution in [2.75, 3.05) is 38.0 Å². The number of carbonyl (C=O) groups is 1. The minimum atomic E-state index is -0.204. The Morgan fingerprint density at radius 2 is 1.84 bits per heavy atom. The Morgan fingerprint density at radius 3 is 2.68 bits per heavy atom. The number of rotatable bonds is 6. The third-order valence-electron chi connectivity index (χ3n) is 5.17. The highest BCUT2D eigenvalue weighted by Crippen LogP contribution is 2.32. The van der Waals surface area contributed by atoms with Crippen molar-refractivity contribution in [3.8, 4) is 22.9 Å². The van der Waals surface area contributed by atoms with Gasteiger partial charge in [0, 0.05) is 30.9 Å². The lowest BCUT2D eigenvalue weighted by Crippen LogP contribution is -2.36. The molecule has 1 fully saturated rings. The maximum Gasteiger partial charge on any atom is 0.243 e. The van der Waals surface area contributed by atoms with Crippen LogP contribution in [0, 0.1) is 0 Å². The van der Waals surface area contributed by atoms with Crippen LogP contribution in [-0.4, -0.2) is 59.2 Å². The van der Waals surface area contributed by atoms with Gasteiger partial charge in [-0.1, -0.05) is 6.07 Å². The van der Waals surface area contributed by atoms with Gasteiger partial charge in [0.25, 0.3) is 0 Å². The molecule has 31 heavy (non-hydrogen) atoms. The van der Waals surface area contributed by atoms with Crippen molar-refractivity contribution in [2.45, 2.75) is 13.1 Å². The van der Waals surface area contributed by atoms with E-state index < -0.39 is 0 Å². The zero-order chi connectivity index (χ0) is 21.0. The molecule has 1 aromatic heterocycles. The lowest BCUT2D eigenvalue weighted by atomic mass is 10.2. The van der Waals surface area contributed by atoms with E-state index in [4.69, 9.17) is 14.2 Å². The summed E-state index contributed by atoms with van der Waals surface area (Å²) in [7, 11) is 0. The van der Waals surface area contributed by atoms with Crippen LogP contribution in [0.25, 0.3) is 11.4 Å². The summed E-state index contributed by atoms with van der Waals surface area (Å²) in [5.41, 5.74) is 2.91. The summed E-state index contributed by atoms with van der Waals surface area (Å²) < 4.78 is 16.0. The van der Waals surface area contributed by atoms with Gasteiger partial charge in [-0.25, -0.2) is 0 Å². The molecule has 2 aromatic carbocycles. The summed E-state index contributed by atoms with van der Waals surface area (Å²) >= 11 is 0. The predicted octanol–water partition coefficient (Wildman–Crippen LogP) is 1.22. The number of ether oxygens (including phenoxy) is 3. The van der Waals surface area contributed by atoms with Gasteiger partial charge in [-0.05, 0) is 47.2 Å². The van der Waals surface area contributed by atoms with Gasteiger partial charge in [0.2, 0.25) is 18.5 Å². The Hall–Kier alpha value is -3.66. The molecule has 0 radical (unpaired) electrons. The van der Waals surface area contributed by atoms with Gasteiger partial charge in [0.15, 0.2) is 11.5 Å². The molecule has 3 heterocycles. The van der Waals surface area contributed by atoms with Gasteiger partial charge >= 0.3 is 0 Å². The van der Waals surface area contributed by atoms with E-state index in [0.29, 0.717) is 23.9 Å². The third-order valence-corrected chi connectivity index (χ3v) is 5.17. The van der Waals surface area contributed by atoms with Gasteiger partial charge in [-0.2, -0.15) is 4.80 Å². The highest BCUT2D eigenvalue weighted by Gasteiger charge is 2.15. The lowest BCUT2D eigenvalue weighted by molar-refractivity contribution is -0.122. The monoisotopic (exact) mass is 422 g/mol. The lowest BCUT2D eigenvalue weighted by Gasteiger charge is -2.28. The number of amides is 1. The first kappa shape index (κ1) is 19.3. The van der Waals surface area contributed by atoms with Crippen molar-refractivity contribution in [1.82, 2.24) is 25.5 Å². The molecule has 0 bridgehead atoms. The van der Waals surface area contributed by atoms with Gasteiger partial charge in [0.1, 0.15) is 6.54 Å². The third kappa shape index (κ3) is 4.43. The topological polar surface area (TPSA) is 104 Å². The van der Waals surface area contributed by atoms with E-state index in [1.807, 2.05) is 42.5 Å². The largest absolute Gasteiger partial charge is 0.454 e. The normalized spacial score (nSPS) is 15.2. The first-order valence-corrected chi connectivity index (χ1v) is 10.1. The molecule has 0 saturated carbocycles. The summed E-state index contributed by atoms with van der Waals surface area (Å²) in [6.07, 6.45) is 0. The molecular weight excluding hydrogens is 400 g/mol. The molecule has 0 atom stereocenters. The van der Waals surface area contributed by atoms with Crippen molar-refractivity contribution < 1.29 is 19.0 Å². The number of nitrogens with zero attached hydrogens (tertiary/aromatic N) is 5. The standard InChI is InChI=1S/C21H22N6O4/c28-20(22-12-15-1-6-18-19(11-15)31-14-30-18)13-27-24-21(23-25-27)16-2-4-17(5-3-16)26-7-9-29-10-8-26/h1-6,11H,7-10,12-14H2,(H,22,28). The highest BCUT2D eigenvalue weighted by atomic mass is 16.7. The molecule has 2 aliphatic rings. The molecule has 10 nitrogen and oxygen atoms in total. The van der Waals surface area contributed by atoms with Crippen molar-refractivity contribution >= 4 is 11.6 Å². The second-order valence-electron chi connectivity index (χ2n) is 7.25. The molecular formula is C21H22N6O4. The first-order valence-electron chi connectivity index (χ1n) is 10.1. The Morgan fingerprint density at radius 1 is 1.03 bits per heavy atom. The van der Waals surface area contributed by atoms with Crippen molar-refractivity contribution in [3.63, 3.8) is 0 Å². The molecule has 3 aromatic rings. The predicted molar refractivity (Wildman–Crippen MR) is 111 cm³/mol. The molecule has 160 valence electrons. The number of hydrogen-bond acceptors (Lipinski definition) is 8. The van der Waals surface area contributed by atoms with Crippen LogP contribution in [-0.2, 0) is 22.6 Å². The van der Waals surface area contributed by atoms with Crippen LogP contribution >= 0.6 is 0 Å². The van der Waals surface area contributed by atoms with Crippen LogP contribution in [0.1, 0.15) is 5.56 Å². The van der Waals surface area contributed by atoms with Crippen LogP contribution in [0.4, 0.5) is 5.69 Å². The molecule has 10 heteroatoms. The number of benzene rings is 2. The Balaban J connectivity index is 1.16. The molecule has 5 rings (SSSR count). The van der Waals surface area contributed by atoms with Gasteiger partial charge < -0.3 is 24.4 Å². The number of fused-ring (bicyclic) bond motifs is 1. The van der Waals surface area contributed by atoms with E-state index in [9.17, 15) is 4.79 Å². The van der Waals surface area contributed by atoms with E-state index >= 15 is 0 Å². The van der Waals surface area contributed by atoms with Gasteiger partial charge in [0.05, 0.1) is 13.2 Å². The Bertz CT molecular complexity index is 1060. The smallest absolute Gasteiger partial charge is 0.243 e. The summed E-state index contributed by atoms with van der Waals surface area (Å²) in [6, 6.07) is 13.6. The highest BCUT2D eigenvalue weighted by molar-refractivity contribution is 5.75. The molecule has 2 aliphatic heterocycles. The van der Waals surface area contributed by atoms with E-state index in [1.54, 1.807) is 0 Å². The molecule has 1 amide bonds. The summed E-state index contributed by atoms with van der Waals surface area (Å²) in [5, 5.41) is 15.3. The fraction of sp³-hybridized carbons (Fsp3) is 0.333. The second-order valence-corrected chi connectivity index (χ2v) is 7.25. The van der Waals surface area contributed by atoms with Crippen LogP contribution in [0.5, 0.6) is 11.5 Å². The molecule has 0 spiro atoms. The average molecular weight is 422 g/mol. The van der Waals surface area contributed by atoms with E-state index in [-0.39, 0.29) is 19.2 Å². The first-order chi connectivity index (χ1) is 15.2. The number of hydrogen-bond donors (Lipinski definition) is 1. The van der Waals surface area contributed by atoms with Crippen molar-refractivity contribution in [2.24, 2.45) is 0 Å². The van der Waals surface area contributed by atoms with E-state index in [2.05, 4.69) is 25.6 Å². The molecule has 0 unspecified atom stereocenters.